The zero-order valence-electron chi connectivity index (χ0n) is 25.0. The highest BCUT2D eigenvalue weighted by Crippen LogP contribution is 2.45. The van der Waals surface area contributed by atoms with Gasteiger partial charge in [0.15, 0.2) is 5.65 Å². The zero-order valence-corrected chi connectivity index (χ0v) is 25.0. The number of pyridine rings is 3. The Bertz CT molecular complexity index is 3060. The van der Waals surface area contributed by atoms with Gasteiger partial charge in [0.2, 0.25) is 0 Å². The van der Waals surface area contributed by atoms with Crippen LogP contribution in [0.15, 0.2) is 146 Å². The molecule has 6 nitrogen and oxygen atoms in total. The molecule has 6 aromatic heterocycles. The van der Waals surface area contributed by atoms with E-state index in [9.17, 15) is 0 Å². The van der Waals surface area contributed by atoms with Gasteiger partial charge in [0.05, 0.1) is 27.6 Å². The van der Waals surface area contributed by atoms with E-state index < -0.39 is 0 Å². The number of benzene rings is 5. The van der Waals surface area contributed by atoms with E-state index in [1.54, 1.807) is 0 Å². The van der Waals surface area contributed by atoms with Gasteiger partial charge in [-0.05, 0) is 66.7 Å². The van der Waals surface area contributed by atoms with Gasteiger partial charge >= 0.3 is 0 Å². The van der Waals surface area contributed by atoms with Gasteiger partial charge in [-0.2, -0.15) is 0 Å². The van der Waals surface area contributed by atoms with E-state index in [0.29, 0.717) is 0 Å². The molecule has 11 rings (SSSR count). The first-order valence-corrected chi connectivity index (χ1v) is 15.8. The minimum absolute atomic E-state index is 0.850. The third kappa shape index (κ3) is 3.16. The monoisotopic (exact) mass is 600 g/mol. The molecule has 0 radical (unpaired) electrons. The summed E-state index contributed by atoms with van der Waals surface area (Å²) in [6, 6.07) is 45.3. The van der Waals surface area contributed by atoms with E-state index in [1.165, 1.54) is 38.1 Å². The lowest BCUT2D eigenvalue weighted by atomic mass is 10.0. The molecule has 47 heavy (non-hydrogen) atoms. The van der Waals surface area contributed by atoms with Gasteiger partial charge < -0.3 is 9.13 Å². The van der Waals surface area contributed by atoms with Gasteiger partial charge in [-0.25, -0.2) is 9.97 Å². The summed E-state index contributed by atoms with van der Waals surface area (Å²) in [4.78, 5) is 14.5. The molecule has 0 bridgehead atoms. The van der Waals surface area contributed by atoms with Gasteiger partial charge in [-0.1, -0.05) is 60.7 Å². The van der Waals surface area contributed by atoms with E-state index >= 15 is 0 Å². The normalized spacial score (nSPS) is 12.3. The number of para-hydroxylation sites is 3. The van der Waals surface area contributed by atoms with Gasteiger partial charge in [-0.3, -0.25) is 9.38 Å². The maximum absolute atomic E-state index is 5.14. The van der Waals surface area contributed by atoms with E-state index in [0.717, 1.165) is 55.4 Å². The summed E-state index contributed by atoms with van der Waals surface area (Å²) in [6.45, 7) is 0. The molecular weight excluding hydrogens is 576 g/mol. The van der Waals surface area contributed by atoms with Crippen LogP contribution in [-0.4, -0.2) is 28.5 Å². The van der Waals surface area contributed by atoms with E-state index in [2.05, 4.69) is 134 Å². The number of hydrogen-bond acceptors (Lipinski definition) is 3. The number of nitrogens with zero attached hydrogens (tertiary/aromatic N) is 6. The average molecular weight is 601 g/mol. The minimum Gasteiger partial charge on any atom is -0.309 e. The highest BCUT2D eigenvalue weighted by Gasteiger charge is 2.24. The molecule has 0 aliphatic carbocycles. The van der Waals surface area contributed by atoms with Crippen molar-refractivity contribution < 1.29 is 0 Å². The Morgan fingerprint density at radius 1 is 0.426 bits per heavy atom. The molecule has 0 spiro atoms. The van der Waals surface area contributed by atoms with Crippen molar-refractivity contribution in [2.45, 2.75) is 0 Å². The van der Waals surface area contributed by atoms with Crippen LogP contribution in [0.1, 0.15) is 0 Å². The molecule has 11 aromatic rings. The molecule has 5 aromatic carbocycles. The smallest absolute Gasteiger partial charge is 0.164 e. The lowest BCUT2D eigenvalue weighted by Crippen LogP contribution is -1.95. The first-order valence-electron chi connectivity index (χ1n) is 15.8. The van der Waals surface area contributed by atoms with Crippen LogP contribution in [-0.2, 0) is 0 Å². The fourth-order valence-corrected chi connectivity index (χ4v) is 7.91. The number of aromatic nitrogens is 6. The third-order valence-corrected chi connectivity index (χ3v) is 9.72. The fraction of sp³-hybridized carbons (Fsp3) is 0. The Morgan fingerprint density at radius 2 is 1.15 bits per heavy atom. The van der Waals surface area contributed by atoms with Crippen LogP contribution in [0.3, 0.4) is 0 Å². The molecule has 6 heterocycles. The predicted octanol–water partition coefficient (Wildman–Crippen LogP) is 9.78. The summed E-state index contributed by atoms with van der Waals surface area (Å²) in [6.07, 6.45) is 5.69. The molecule has 6 heteroatoms. The summed E-state index contributed by atoms with van der Waals surface area (Å²) in [5.41, 5.74) is 10.6. The Morgan fingerprint density at radius 3 is 1.98 bits per heavy atom. The Hall–Kier alpha value is -6.53. The summed E-state index contributed by atoms with van der Waals surface area (Å²) in [5, 5.41) is 8.15. The third-order valence-electron chi connectivity index (χ3n) is 9.72. The van der Waals surface area contributed by atoms with Crippen LogP contribution in [0.25, 0.3) is 93.5 Å². The summed E-state index contributed by atoms with van der Waals surface area (Å²) in [7, 11) is 0. The van der Waals surface area contributed by atoms with Crippen molar-refractivity contribution in [3.8, 4) is 11.4 Å². The molecule has 0 atom stereocenters. The number of rotatable bonds is 2. The van der Waals surface area contributed by atoms with Crippen molar-refractivity contribution in [3.63, 3.8) is 0 Å². The van der Waals surface area contributed by atoms with Crippen molar-refractivity contribution in [1.82, 2.24) is 28.5 Å². The maximum Gasteiger partial charge on any atom is 0.164 e. The lowest BCUT2D eigenvalue weighted by Gasteiger charge is -2.11. The minimum atomic E-state index is 0.850. The zero-order chi connectivity index (χ0) is 30.6. The second-order valence-electron chi connectivity index (χ2n) is 12.1. The van der Waals surface area contributed by atoms with Gasteiger partial charge in [0.1, 0.15) is 11.2 Å². The summed E-state index contributed by atoms with van der Waals surface area (Å²) >= 11 is 0. The van der Waals surface area contributed by atoms with Crippen LogP contribution < -0.4 is 0 Å². The van der Waals surface area contributed by atoms with Crippen molar-refractivity contribution in [2.75, 3.05) is 0 Å². The summed E-state index contributed by atoms with van der Waals surface area (Å²) in [5.74, 6) is 0. The van der Waals surface area contributed by atoms with Crippen molar-refractivity contribution >= 4 is 82.1 Å². The molecule has 0 saturated carbocycles. The largest absolute Gasteiger partial charge is 0.309 e. The first-order chi connectivity index (χ1) is 23.4. The van der Waals surface area contributed by atoms with E-state index in [4.69, 9.17) is 9.97 Å². The fourth-order valence-electron chi connectivity index (χ4n) is 7.91. The predicted molar refractivity (Wildman–Crippen MR) is 192 cm³/mol. The standard InChI is InChI=1S/C41H24N6/c1-3-10-25(11-4-1)45-32-16-8-7-14-27(32)38-35(45)19-17-28-37-34(46(39(28)38)26-12-5-2-6-13-26)20-18-29-36(37)30-24-42-23-21-33(30)47-40(29)44-31-15-9-22-43-41(31)47/h1-24H. The highest BCUT2D eigenvalue weighted by molar-refractivity contribution is 6.34. The van der Waals surface area contributed by atoms with Crippen LogP contribution >= 0.6 is 0 Å². The van der Waals surface area contributed by atoms with Crippen LogP contribution in [0.5, 0.6) is 0 Å². The van der Waals surface area contributed by atoms with Crippen molar-refractivity contribution in [1.29, 1.82) is 0 Å². The molecule has 218 valence electrons. The molecule has 0 saturated heterocycles. The van der Waals surface area contributed by atoms with Gasteiger partial charge in [0.25, 0.3) is 0 Å². The Labute approximate surface area is 267 Å². The van der Waals surface area contributed by atoms with Crippen LogP contribution in [0.4, 0.5) is 0 Å². The molecule has 0 unspecified atom stereocenters. The molecule has 0 aliphatic heterocycles. The Kier molecular flexibility index (Phi) is 4.75. The van der Waals surface area contributed by atoms with Gasteiger partial charge in [-0.15, -0.1) is 0 Å². The molecule has 0 N–H and O–H groups in total. The maximum atomic E-state index is 5.14. The lowest BCUT2D eigenvalue weighted by molar-refractivity contribution is 1.17. The highest BCUT2D eigenvalue weighted by atomic mass is 15.1. The van der Waals surface area contributed by atoms with E-state index in [-0.39, 0.29) is 0 Å². The first kappa shape index (κ1) is 24.8. The van der Waals surface area contributed by atoms with Crippen molar-refractivity contribution in [3.05, 3.63) is 146 Å². The number of hydrogen-bond donors (Lipinski definition) is 0. The quantitative estimate of drug-likeness (QED) is 0.186. The van der Waals surface area contributed by atoms with E-state index in [1.807, 2.05) is 30.7 Å². The molecule has 0 aliphatic rings. The second-order valence-corrected chi connectivity index (χ2v) is 12.1. The van der Waals surface area contributed by atoms with Gasteiger partial charge in [0, 0.05) is 67.7 Å². The Balaban J connectivity index is 1.43. The SMILES string of the molecule is c1ccc(-n2c3ccccc3c3c2ccc2c4c5c6cnccc6n6c7ncccc7nc6c5ccc4n(-c4ccccc4)c23)cc1. The van der Waals surface area contributed by atoms with Crippen molar-refractivity contribution in [2.24, 2.45) is 0 Å². The molecule has 0 fully saturated rings. The average Bonchev–Trinajstić information content (AvgIpc) is 3.80. The summed E-state index contributed by atoms with van der Waals surface area (Å²) < 4.78 is 7.02. The van der Waals surface area contributed by atoms with Crippen LogP contribution in [0, 0.1) is 0 Å². The number of fused-ring (bicyclic) bond motifs is 16. The molecular formula is C41H24N6. The molecule has 0 amide bonds. The topological polar surface area (TPSA) is 52.9 Å². The number of imidazole rings is 1. The second kappa shape index (κ2) is 9.02. The van der Waals surface area contributed by atoms with Crippen LogP contribution in [0.2, 0.25) is 0 Å².